The number of hydrogen-bond acceptors (Lipinski definition) is 6. The Morgan fingerprint density at radius 1 is 1.14 bits per heavy atom. The Balaban J connectivity index is 2.06. The lowest BCUT2D eigenvalue weighted by molar-refractivity contribution is -0.119. The van der Waals surface area contributed by atoms with Gasteiger partial charge in [0.1, 0.15) is 0 Å². The van der Waals surface area contributed by atoms with Crippen LogP contribution in [0.5, 0.6) is 11.5 Å². The average molecular weight is 450 g/mol. The molecule has 0 aromatic heterocycles. The van der Waals surface area contributed by atoms with Crippen molar-refractivity contribution in [3.8, 4) is 11.5 Å². The SMILES string of the molecule is CCOc1cc(C(=O)OCC(=O)Nc2ccccc2C(C)=O)cc(Br)c1OC. The van der Waals surface area contributed by atoms with Gasteiger partial charge in [0, 0.05) is 5.56 Å². The molecule has 7 nitrogen and oxygen atoms in total. The van der Waals surface area contributed by atoms with Crippen molar-refractivity contribution in [3.63, 3.8) is 0 Å². The van der Waals surface area contributed by atoms with Crippen LogP contribution in [0.25, 0.3) is 0 Å². The minimum atomic E-state index is -0.695. The molecular weight excluding hydrogens is 430 g/mol. The number of carbonyl (C=O) groups excluding carboxylic acids is 3. The van der Waals surface area contributed by atoms with Gasteiger partial charge in [0.25, 0.3) is 5.91 Å². The van der Waals surface area contributed by atoms with Crippen molar-refractivity contribution in [2.45, 2.75) is 13.8 Å². The highest BCUT2D eigenvalue weighted by atomic mass is 79.9. The number of halogens is 1. The van der Waals surface area contributed by atoms with Crippen LogP contribution in [0.4, 0.5) is 5.69 Å². The Kier molecular flexibility index (Phi) is 7.57. The summed E-state index contributed by atoms with van der Waals surface area (Å²) in [5.74, 6) is -0.596. The van der Waals surface area contributed by atoms with Gasteiger partial charge in [0.2, 0.25) is 0 Å². The molecule has 0 aliphatic rings. The number of Topliss-reactive ketones (excluding diaryl/α,β-unsaturated/α-hetero) is 1. The van der Waals surface area contributed by atoms with Crippen molar-refractivity contribution in [1.82, 2.24) is 0 Å². The number of benzene rings is 2. The topological polar surface area (TPSA) is 90.9 Å². The van der Waals surface area contributed by atoms with Crippen LogP contribution in [0.2, 0.25) is 0 Å². The zero-order chi connectivity index (χ0) is 20.7. The summed E-state index contributed by atoms with van der Waals surface area (Å²) >= 11 is 3.32. The summed E-state index contributed by atoms with van der Waals surface area (Å²) in [6.07, 6.45) is 0. The first-order valence-electron chi connectivity index (χ1n) is 8.44. The zero-order valence-corrected chi connectivity index (χ0v) is 17.3. The zero-order valence-electron chi connectivity index (χ0n) is 15.7. The van der Waals surface area contributed by atoms with E-state index < -0.39 is 18.5 Å². The maximum absolute atomic E-state index is 12.3. The van der Waals surface area contributed by atoms with Crippen LogP contribution in [-0.2, 0) is 9.53 Å². The van der Waals surface area contributed by atoms with Crippen LogP contribution in [-0.4, -0.2) is 38.0 Å². The van der Waals surface area contributed by atoms with E-state index in [1.165, 1.54) is 26.2 Å². The predicted molar refractivity (Wildman–Crippen MR) is 107 cm³/mol. The van der Waals surface area contributed by atoms with Crippen molar-refractivity contribution in [2.75, 3.05) is 25.6 Å². The lowest BCUT2D eigenvalue weighted by Gasteiger charge is -2.13. The Morgan fingerprint density at radius 2 is 1.86 bits per heavy atom. The summed E-state index contributed by atoms with van der Waals surface area (Å²) in [7, 11) is 1.49. The molecule has 2 aromatic rings. The molecule has 148 valence electrons. The fourth-order valence-electron chi connectivity index (χ4n) is 2.45. The first-order chi connectivity index (χ1) is 13.4. The molecule has 8 heteroatoms. The van der Waals surface area contributed by atoms with Crippen molar-refractivity contribution >= 4 is 39.3 Å². The molecule has 2 rings (SSSR count). The summed E-state index contributed by atoms with van der Waals surface area (Å²) in [6.45, 7) is 3.10. The highest BCUT2D eigenvalue weighted by molar-refractivity contribution is 9.10. The van der Waals surface area contributed by atoms with E-state index in [9.17, 15) is 14.4 Å². The van der Waals surface area contributed by atoms with Crippen LogP contribution < -0.4 is 14.8 Å². The van der Waals surface area contributed by atoms with Gasteiger partial charge >= 0.3 is 5.97 Å². The van der Waals surface area contributed by atoms with E-state index in [0.717, 1.165) is 0 Å². The maximum atomic E-state index is 12.3. The van der Waals surface area contributed by atoms with Crippen LogP contribution in [0.3, 0.4) is 0 Å². The summed E-state index contributed by atoms with van der Waals surface area (Å²) in [6, 6.07) is 9.60. The van der Waals surface area contributed by atoms with E-state index in [0.29, 0.717) is 33.8 Å². The standard InChI is InChI=1S/C20H20BrNO6/c1-4-27-17-10-13(9-15(21)19(17)26-3)20(25)28-11-18(24)22-16-8-6-5-7-14(16)12(2)23/h5-10H,4,11H2,1-3H3,(H,22,24). The first kappa shape index (κ1) is 21.4. The van der Waals surface area contributed by atoms with Crippen molar-refractivity contribution < 1.29 is 28.6 Å². The Labute approximate surface area is 171 Å². The van der Waals surface area contributed by atoms with Gasteiger partial charge in [-0.05, 0) is 54.0 Å². The van der Waals surface area contributed by atoms with E-state index in [4.69, 9.17) is 14.2 Å². The van der Waals surface area contributed by atoms with Gasteiger partial charge in [-0.3, -0.25) is 9.59 Å². The van der Waals surface area contributed by atoms with E-state index in [1.54, 1.807) is 24.3 Å². The van der Waals surface area contributed by atoms with E-state index >= 15 is 0 Å². The molecule has 0 heterocycles. The molecule has 0 atom stereocenters. The number of esters is 1. The van der Waals surface area contributed by atoms with Gasteiger partial charge in [0.15, 0.2) is 23.9 Å². The number of ketones is 1. The molecule has 0 aliphatic heterocycles. The van der Waals surface area contributed by atoms with Gasteiger partial charge in [-0.1, -0.05) is 12.1 Å². The summed E-state index contributed by atoms with van der Waals surface area (Å²) in [4.78, 5) is 36.0. The predicted octanol–water partition coefficient (Wildman–Crippen LogP) is 3.85. The number of para-hydroxylation sites is 1. The second-order valence-electron chi connectivity index (χ2n) is 5.65. The molecule has 0 bridgehead atoms. The van der Waals surface area contributed by atoms with Gasteiger partial charge in [-0.15, -0.1) is 0 Å². The van der Waals surface area contributed by atoms with E-state index in [1.807, 2.05) is 6.92 Å². The normalized spacial score (nSPS) is 10.1. The minimum absolute atomic E-state index is 0.181. The second-order valence-corrected chi connectivity index (χ2v) is 6.50. The van der Waals surface area contributed by atoms with Crippen molar-refractivity contribution in [3.05, 3.63) is 52.0 Å². The minimum Gasteiger partial charge on any atom is -0.492 e. The van der Waals surface area contributed by atoms with Gasteiger partial charge in [-0.2, -0.15) is 0 Å². The molecule has 0 spiro atoms. The highest BCUT2D eigenvalue weighted by Crippen LogP contribution is 2.36. The molecule has 28 heavy (non-hydrogen) atoms. The largest absolute Gasteiger partial charge is 0.492 e. The fourth-order valence-corrected chi connectivity index (χ4v) is 3.05. The number of nitrogens with one attached hydrogen (secondary N) is 1. The number of carbonyl (C=O) groups is 3. The smallest absolute Gasteiger partial charge is 0.338 e. The Bertz CT molecular complexity index is 896. The highest BCUT2D eigenvalue weighted by Gasteiger charge is 2.18. The molecule has 1 N–H and O–H groups in total. The monoisotopic (exact) mass is 449 g/mol. The third-order valence-corrected chi connectivity index (χ3v) is 4.25. The van der Waals surface area contributed by atoms with Gasteiger partial charge < -0.3 is 19.5 Å². The molecule has 0 saturated heterocycles. The number of ether oxygens (including phenoxy) is 3. The lowest BCUT2D eigenvalue weighted by Crippen LogP contribution is -2.22. The van der Waals surface area contributed by atoms with Crippen molar-refractivity contribution in [2.24, 2.45) is 0 Å². The molecule has 0 radical (unpaired) electrons. The molecule has 0 saturated carbocycles. The Morgan fingerprint density at radius 3 is 2.50 bits per heavy atom. The van der Waals surface area contributed by atoms with E-state index in [-0.39, 0.29) is 11.3 Å². The summed E-state index contributed by atoms with van der Waals surface area (Å²) < 4.78 is 16.3. The lowest BCUT2D eigenvalue weighted by atomic mass is 10.1. The number of hydrogen-bond donors (Lipinski definition) is 1. The number of rotatable bonds is 8. The van der Waals surface area contributed by atoms with Crippen LogP contribution >= 0.6 is 15.9 Å². The Hall–Kier alpha value is -2.87. The quantitative estimate of drug-likeness (QED) is 0.485. The third kappa shape index (κ3) is 5.32. The van der Waals surface area contributed by atoms with Crippen LogP contribution in [0.1, 0.15) is 34.6 Å². The molecule has 1 amide bonds. The number of amides is 1. The van der Waals surface area contributed by atoms with Crippen LogP contribution in [0, 0.1) is 0 Å². The maximum Gasteiger partial charge on any atom is 0.338 e. The molecule has 2 aromatic carbocycles. The summed E-state index contributed by atoms with van der Waals surface area (Å²) in [5.41, 5.74) is 0.942. The summed E-state index contributed by atoms with van der Waals surface area (Å²) in [5, 5.41) is 2.57. The van der Waals surface area contributed by atoms with Gasteiger partial charge in [0.05, 0.1) is 29.4 Å². The average Bonchev–Trinajstić information content (AvgIpc) is 2.66. The van der Waals surface area contributed by atoms with E-state index in [2.05, 4.69) is 21.2 Å². The van der Waals surface area contributed by atoms with Crippen molar-refractivity contribution in [1.29, 1.82) is 0 Å². The number of methoxy groups -OCH3 is 1. The van der Waals surface area contributed by atoms with Gasteiger partial charge in [-0.25, -0.2) is 4.79 Å². The molecule has 0 fully saturated rings. The van der Waals surface area contributed by atoms with Crippen LogP contribution in [0.15, 0.2) is 40.9 Å². The molecule has 0 aliphatic carbocycles. The first-order valence-corrected chi connectivity index (χ1v) is 9.24. The molecular formula is C20H20BrNO6. The number of anilines is 1. The third-order valence-electron chi connectivity index (χ3n) is 3.66. The second kappa shape index (κ2) is 9.89. The fraction of sp³-hybridized carbons (Fsp3) is 0.250. The molecule has 0 unspecified atom stereocenters.